The maximum Gasteiger partial charge on any atom is 0.269 e. The zero-order valence-corrected chi connectivity index (χ0v) is 12.2. The largest absolute Gasteiger partial charge is 0.357 e. The first kappa shape index (κ1) is 15.9. The fourth-order valence-electron chi connectivity index (χ4n) is 1.58. The lowest BCUT2D eigenvalue weighted by Crippen LogP contribution is -2.39. The maximum atomic E-state index is 10.7. The van der Waals surface area contributed by atoms with Gasteiger partial charge in [-0.2, -0.15) is 0 Å². The average molecular weight is 278 g/mol. The Morgan fingerprint density at radius 3 is 2.75 bits per heavy atom. The Morgan fingerprint density at radius 2 is 2.15 bits per heavy atom. The smallest absolute Gasteiger partial charge is 0.269 e. The third kappa shape index (κ3) is 5.69. The summed E-state index contributed by atoms with van der Waals surface area (Å²) in [6, 6.07) is 6.55. The molecule has 6 heteroatoms. The first-order valence-corrected chi connectivity index (χ1v) is 6.78. The molecule has 1 rings (SSSR count). The highest BCUT2D eigenvalue weighted by molar-refractivity contribution is 5.79. The van der Waals surface area contributed by atoms with Crippen LogP contribution in [0, 0.1) is 16.0 Å². The monoisotopic (exact) mass is 278 g/mol. The number of aliphatic imine (C=N–C) groups is 1. The zero-order chi connectivity index (χ0) is 15.0. The number of non-ortho nitro benzene ring substituents is 1. The van der Waals surface area contributed by atoms with E-state index in [0.29, 0.717) is 12.5 Å². The van der Waals surface area contributed by atoms with Gasteiger partial charge < -0.3 is 10.6 Å². The summed E-state index contributed by atoms with van der Waals surface area (Å²) in [6.07, 6.45) is 0. The highest BCUT2D eigenvalue weighted by Crippen LogP contribution is 2.13. The molecule has 0 saturated carbocycles. The van der Waals surface area contributed by atoms with Crippen molar-refractivity contribution in [2.24, 2.45) is 10.9 Å². The number of nitrogens with one attached hydrogen (secondary N) is 2. The predicted molar refractivity (Wildman–Crippen MR) is 80.8 cm³/mol. The van der Waals surface area contributed by atoms with Crippen LogP contribution in [0.15, 0.2) is 29.3 Å². The van der Waals surface area contributed by atoms with Crippen molar-refractivity contribution >= 4 is 11.6 Å². The van der Waals surface area contributed by atoms with Crippen molar-refractivity contribution in [1.29, 1.82) is 0 Å². The molecule has 0 spiro atoms. The van der Waals surface area contributed by atoms with E-state index in [1.165, 1.54) is 6.07 Å². The van der Waals surface area contributed by atoms with Crippen LogP contribution in [0.1, 0.15) is 26.3 Å². The topological polar surface area (TPSA) is 79.6 Å². The second kappa shape index (κ2) is 8.14. The molecule has 0 aliphatic carbocycles. The second-order valence-electron chi connectivity index (χ2n) is 4.90. The summed E-state index contributed by atoms with van der Waals surface area (Å²) in [4.78, 5) is 14.8. The van der Waals surface area contributed by atoms with Crippen LogP contribution >= 0.6 is 0 Å². The fraction of sp³-hybridized carbons (Fsp3) is 0.500. The number of rotatable bonds is 6. The molecule has 6 nitrogen and oxygen atoms in total. The molecule has 1 aromatic carbocycles. The minimum Gasteiger partial charge on any atom is -0.357 e. The molecule has 0 atom stereocenters. The SMILES string of the molecule is CCNC(=NCc1cccc([N+](=O)[O-])c1)NCC(C)C. The highest BCUT2D eigenvalue weighted by atomic mass is 16.6. The van der Waals surface area contributed by atoms with Crippen molar-refractivity contribution in [3.8, 4) is 0 Å². The van der Waals surface area contributed by atoms with Gasteiger partial charge >= 0.3 is 0 Å². The quantitative estimate of drug-likeness (QED) is 0.362. The normalized spacial score (nSPS) is 11.5. The van der Waals surface area contributed by atoms with Crippen LogP contribution in [-0.4, -0.2) is 24.0 Å². The van der Waals surface area contributed by atoms with E-state index in [2.05, 4.69) is 29.5 Å². The molecule has 0 amide bonds. The van der Waals surface area contributed by atoms with E-state index in [9.17, 15) is 10.1 Å². The zero-order valence-electron chi connectivity index (χ0n) is 12.2. The van der Waals surface area contributed by atoms with Crippen LogP contribution in [0.5, 0.6) is 0 Å². The fourth-order valence-corrected chi connectivity index (χ4v) is 1.58. The summed E-state index contributed by atoms with van der Waals surface area (Å²) < 4.78 is 0. The van der Waals surface area contributed by atoms with Crippen molar-refractivity contribution in [2.45, 2.75) is 27.3 Å². The van der Waals surface area contributed by atoms with Crippen LogP contribution in [0.2, 0.25) is 0 Å². The van der Waals surface area contributed by atoms with E-state index in [-0.39, 0.29) is 5.69 Å². The molecule has 2 N–H and O–H groups in total. The Kier molecular flexibility index (Phi) is 6.49. The predicted octanol–water partition coefficient (Wildman–Crippen LogP) is 2.31. The summed E-state index contributed by atoms with van der Waals surface area (Å²) >= 11 is 0. The van der Waals surface area contributed by atoms with E-state index in [1.54, 1.807) is 12.1 Å². The molecule has 0 aromatic heterocycles. The molecule has 1 aromatic rings. The van der Waals surface area contributed by atoms with Gasteiger partial charge in [-0.3, -0.25) is 10.1 Å². The lowest BCUT2D eigenvalue weighted by molar-refractivity contribution is -0.384. The summed E-state index contributed by atoms with van der Waals surface area (Å²) in [7, 11) is 0. The van der Waals surface area contributed by atoms with Crippen molar-refractivity contribution in [3.05, 3.63) is 39.9 Å². The summed E-state index contributed by atoms with van der Waals surface area (Å²) in [5.74, 6) is 1.25. The lowest BCUT2D eigenvalue weighted by atomic mass is 10.2. The number of hydrogen-bond acceptors (Lipinski definition) is 3. The third-order valence-corrected chi connectivity index (χ3v) is 2.56. The standard InChI is InChI=1S/C14H22N4O2/c1-4-15-14(16-9-11(2)3)17-10-12-6-5-7-13(8-12)18(19)20/h5-8,11H,4,9-10H2,1-3H3,(H2,15,16,17). The Labute approximate surface area is 119 Å². The van der Waals surface area contributed by atoms with Gasteiger partial charge in [0.05, 0.1) is 11.5 Å². The Bertz CT molecular complexity index is 472. The highest BCUT2D eigenvalue weighted by Gasteiger charge is 2.05. The van der Waals surface area contributed by atoms with Gasteiger partial charge in [0.25, 0.3) is 5.69 Å². The number of nitro groups is 1. The average Bonchev–Trinajstić information content (AvgIpc) is 2.42. The van der Waals surface area contributed by atoms with E-state index in [4.69, 9.17) is 0 Å². The molecule has 110 valence electrons. The number of hydrogen-bond donors (Lipinski definition) is 2. The molecule has 0 radical (unpaired) electrons. The molecule has 0 saturated heterocycles. The Balaban J connectivity index is 2.70. The lowest BCUT2D eigenvalue weighted by Gasteiger charge is -2.12. The first-order chi connectivity index (χ1) is 9.52. The molecule has 0 bridgehead atoms. The van der Waals surface area contributed by atoms with Gasteiger partial charge in [-0.25, -0.2) is 4.99 Å². The number of benzene rings is 1. The van der Waals surface area contributed by atoms with Crippen LogP contribution in [0.25, 0.3) is 0 Å². The van der Waals surface area contributed by atoms with E-state index in [1.807, 2.05) is 13.0 Å². The van der Waals surface area contributed by atoms with Gasteiger partial charge in [0.1, 0.15) is 0 Å². The van der Waals surface area contributed by atoms with Gasteiger partial charge in [0.15, 0.2) is 5.96 Å². The molecule has 0 aliphatic heterocycles. The Hall–Kier alpha value is -2.11. The second-order valence-corrected chi connectivity index (χ2v) is 4.90. The molecule has 20 heavy (non-hydrogen) atoms. The van der Waals surface area contributed by atoms with Crippen LogP contribution < -0.4 is 10.6 Å². The van der Waals surface area contributed by atoms with Crippen molar-refractivity contribution in [2.75, 3.05) is 13.1 Å². The minimum absolute atomic E-state index is 0.0952. The third-order valence-electron chi connectivity index (χ3n) is 2.56. The number of nitrogens with zero attached hydrogens (tertiary/aromatic N) is 2. The molecule has 0 aliphatic rings. The van der Waals surface area contributed by atoms with Crippen molar-refractivity contribution in [3.63, 3.8) is 0 Å². The van der Waals surface area contributed by atoms with Gasteiger partial charge in [-0.05, 0) is 18.4 Å². The van der Waals surface area contributed by atoms with E-state index >= 15 is 0 Å². The van der Waals surface area contributed by atoms with Gasteiger partial charge in [0, 0.05) is 25.2 Å². The Morgan fingerprint density at radius 1 is 1.40 bits per heavy atom. The molecular formula is C14H22N4O2. The van der Waals surface area contributed by atoms with Gasteiger partial charge in [-0.15, -0.1) is 0 Å². The van der Waals surface area contributed by atoms with Gasteiger partial charge in [-0.1, -0.05) is 26.0 Å². The van der Waals surface area contributed by atoms with Gasteiger partial charge in [0.2, 0.25) is 0 Å². The summed E-state index contributed by atoms with van der Waals surface area (Å²) in [5.41, 5.74) is 0.916. The van der Waals surface area contributed by atoms with Crippen LogP contribution in [0.3, 0.4) is 0 Å². The van der Waals surface area contributed by atoms with Crippen molar-refractivity contribution in [1.82, 2.24) is 10.6 Å². The minimum atomic E-state index is -0.393. The van der Waals surface area contributed by atoms with E-state index in [0.717, 1.165) is 24.6 Å². The summed E-state index contributed by atoms with van der Waals surface area (Å²) in [5, 5.41) is 17.1. The van der Waals surface area contributed by atoms with E-state index < -0.39 is 4.92 Å². The van der Waals surface area contributed by atoms with Crippen LogP contribution in [-0.2, 0) is 6.54 Å². The van der Waals surface area contributed by atoms with Crippen molar-refractivity contribution < 1.29 is 4.92 Å². The molecule has 0 unspecified atom stereocenters. The molecule has 0 heterocycles. The molecular weight excluding hydrogens is 256 g/mol. The number of guanidine groups is 1. The van der Waals surface area contributed by atoms with Crippen LogP contribution in [0.4, 0.5) is 5.69 Å². The maximum absolute atomic E-state index is 10.7. The number of nitro benzene ring substituents is 1. The first-order valence-electron chi connectivity index (χ1n) is 6.78. The summed E-state index contributed by atoms with van der Waals surface area (Å²) in [6.45, 7) is 8.27. The molecule has 0 fully saturated rings.